The van der Waals surface area contributed by atoms with Crippen molar-refractivity contribution in [3.63, 3.8) is 0 Å². The number of aryl methyl sites for hydroxylation is 1. The van der Waals surface area contributed by atoms with Gasteiger partial charge < -0.3 is 21.4 Å². The van der Waals surface area contributed by atoms with Crippen molar-refractivity contribution < 1.29 is 8.78 Å². The highest BCUT2D eigenvalue weighted by molar-refractivity contribution is 6.31. The number of rotatable bonds is 15. The molecule has 5 rings (SSSR count). The summed E-state index contributed by atoms with van der Waals surface area (Å²) in [5, 5.41) is 14.2. The van der Waals surface area contributed by atoms with E-state index in [2.05, 4.69) is 27.2 Å². The van der Waals surface area contributed by atoms with Gasteiger partial charge in [0.1, 0.15) is 18.2 Å². The zero-order valence-electron chi connectivity index (χ0n) is 24.5. The molecule has 1 unspecified atom stereocenters. The van der Waals surface area contributed by atoms with Crippen LogP contribution in [0.25, 0.3) is 28.0 Å². The summed E-state index contributed by atoms with van der Waals surface area (Å²) < 4.78 is 29.1. The van der Waals surface area contributed by atoms with Crippen molar-refractivity contribution in [3.05, 3.63) is 93.8 Å². The van der Waals surface area contributed by atoms with E-state index < -0.39 is 18.2 Å². The Labute approximate surface area is 260 Å². The minimum absolute atomic E-state index is 0.0161. The van der Waals surface area contributed by atoms with Crippen LogP contribution in [0.15, 0.2) is 66.1 Å². The van der Waals surface area contributed by atoms with Gasteiger partial charge in [-0.2, -0.15) is 4.98 Å². The molecule has 0 spiro atoms. The number of nitrogens with one attached hydrogen (secondary N) is 4. The fourth-order valence-corrected chi connectivity index (χ4v) is 5.61. The number of fused-ring (bicyclic) bond motifs is 1. The molecule has 0 radical (unpaired) electrons. The predicted molar refractivity (Wildman–Crippen MR) is 173 cm³/mol. The molecule has 11 heteroatoms. The van der Waals surface area contributed by atoms with Crippen molar-refractivity contribution in [2.75, 3.05) is 13.2 Å². The van der Waals surface area contributed by atoms with Gasteiger partial charge in [0, 0.05) is 42.3 Å². The van der Waals surface area contributed by atoms with Gasteiger partial charge in [-0.25, -0.2) is 13.6 Å². The van der Waals surface area contributed by atoms with E-state index in [4.69, 9.17) is 22.7 Å². The number of benzene rings is 2. The van der Waals surface area contributed by atoms with E-state index >= 15 is 4.39 Å². The zero-order chi connectivity index (χ0) is 31.2. The first-order valence-electron chi connectivity index (χ1n) is 14.9. The number of aromatic nitrogens is 3. The van der Waals surface area contributed by atoms with Crippen LogP contribution in [0.4, 0.5) is 8.78 Å². The van der Waals surface area contributed by atoms with Crippen LogP contribution in [0.2, 0.25) is 5.02 Å². The summed E-state index contributed by atoms with van der Waals surface area (Å²) in [7, 11) is 0. The number of nitrogens with zero attached hydrogens (tertiary/aromatic N) is 2. The molecule has 0 bridgehead atoms. The molecule has 232 valence electrons. The van der Waals surface area contributed by atoms with Crippen LogP contribution in [-0.4, -0.2) is 45.7 Å². The van der Waals surface area contributed by atoms with Crippen LogP contribution >= 0.6 is 11.6 Å². The van der Waals surface area contributed by atoms with E-state index in [1.54, 1.807) is 30.5 Å². The van der Waals surface area contributed by atoms with Gasteiger partial charge in [0.05, 0.1) is 16.4 Å². The van der Waals surface area contributed by atoms with E-state index in [0.29, 0.717) is 53.4 Å². The molecule has 1 fully saturated rings. The standard InChI is InChI=1S/C33H38ClF2N7O/c1-2-24(12-13-39-30(38)17-35)40-18-20-6-10-25(11-7-20)43-19-23-16-29(41-32(23)42-33(43)44)26-14-21(15-27(34)31(26)36)4-3-5-28(37)22-8-9-22/h2,6-7,10-11,14-16,19,22,24,28,40H,1,3-5,8-9,12-13,17-18,37H2,(H2,38,39)(H,41,42,44)/t24-,28?/m0/s1. The van der Waals surface area contributed by atoms with E-state index in [0.717, 1.165) is 30.4 Å². The summed E-state index contributed by atoms with van der Waals surface area (Å²) in [6, 6.07) is 13.0. The lowest BCUT2D eigenvalue weighted by Crippen LogP contribution is -2.33. The number of hydrogen-bond donors (Lipinski definition) is 5. The highest BCUT2D eigenvalue weighted by Crippen LogP contribution is 2.34. The third-order valence-electron chi connectivity index (χ3n) is 8.11. The molecule has 2 aromatic heterocycles. The van der Waals surface area contributed by atoms with Gasteiger partial charge in [-0.1, -0.05) is 29.8 Å². The van der Waals surface area contributed by atoms with E-state index in [1.807, 2.05) is 24.3 Å². The quantitative estimate of drug-likeness (QED) is 0.0652. The van der Waals surface area contributed by atoms with Crippen molar-refractivity contribution in [1.29, 1.82) is 5.41 Å². The van der Waals surface area contributed by atoms with Gasteiger partial charge in [-0.05, 0) is 85.9 Å². The van der Waals surface area contributed by atoms with E-state index in [-0.39, 0.29) is 22.9 Å². The van der Waals surface area contributed by atoms with Gasteiger partial charge in [-0.3, -0.25) is 9.98 Å². The Kier molecular flexibility index (Phi) is 10.2. The Morgan fingerprint density at radius 2 is 2.00 bits per heavy atom. The predicted octanol–water partition coefficient (Wildman–Crippen LogP) is 5.80. The fourth-order valence-electron chi connectivity index (χ4n) is 5.36. The molecule has 0 saturated heterocycles. The Morgan fingerprint density at radius 3 is 2.70 bits per heavy atom. The average molecular weight is 622 g/mol. The lowest BCUT2D eigenvalue weighted by atomic mass is 10.00. The number of alkyl halides is 1. The van der Waals surface area contributed by atoms with Gasteiger partial charge >= 0.3 is 5.69 Å². The summed E-state index contributed by atoms with van der Waals surface area (Å²) >= 11 is 6.28. The van der Waals surface area contributed by atoms with Crippen molar-refractivity contribution in [3.8, 4) is 16.9 Å². The maximum absolute atomic E-state index is 15.2. The van der Waals surface area contributed by atoms with Gasteiger partial charge in [0.2, 0.25) is 0 Å². The molecule has 1 aliphatic carbocycles. The lowest BCUT2D eigenvalue weighted by Gasteiger charge is -2.16. The molecule has 44 heavy (non-hydrogen) atoms. The molecule has 6 N–H and O–H groups in total. The van der Waals surface area contributed by atoms with Crippen molar-refractivity contribution in [2.45, 2.75) is 57.2 Å². The number of hydrogen-bond acceptors (Lipinski definition) is 5. The maximum atomic E-state index is 15.2. The van der Waals surface area contributed by atoms with Crippen molar-refractivity contribution >= 4 is 28.5 Å². The third-order valence-corrected chi connectivity index (χ3v) is 8.39. The van der Waals surface area contributed by atoms with E-state index in [1.165, 1.54) is 17.4 Å². The topological polar surface area (TPSA) is 125 Å². The number of amidine groups is 1. The molecule has 2 atom stereocenters. The monoisotopic (exact) mass is 621 g/mol. The normalized spacial score (nSPS) is 14.5. The first-order valence-corrected chi connectivity index (χ1v) is 15.3. The first-order chi connectivity index (χ1) is 21.2. The van der Waals surface area contributed by atoms with Crippen molar-refractivity contribution in [2.24, 2.45) is 11.7 Å². The maximum Gasteiger partial charge on any atom is 0.354 e. The van der Waals surface area contributed by atoms with Crippen LogP contribution in [0.1, 0.15) is 43.2 Å². The second-order valence-corrected chi connectivity index (χ2v) is 11.8. The summed E-state index contributed by atoms with van der Waals surface area (Å²) in [6.45, 7) is 4.05. The molecule has 0 aliphatic heterocycles. The van der Waals surface area contributed by atoms with Crippen molar-refractivity contribution in [1.82, 2.24) is 25.2 Å². The second-order valence-electron chi connectivity index (χ2n) is 11.4. The SMILES string of the molecule is C=C[C@@H](CCNC(=N)CF)NCc1ccc(-n2cc3cc(-c4cc(CCCC(N)C5CC5)cc(Cl)c4F)[nH]c3nc2=O)cc1. The average Bonchev–Trinajstić information content (AvgIpc) is 3.80. The Hall–Kier alpha value is -3.86. The number of halogens is 3. The zero-order valence-corrected chi connectivity index (χ0v) is 25.3. The molecule has 0 amide bonds. The lowest BCUT2D eigenvalue weighted by molar-refractivity contribution is 0.528. The van der Waals surface area contributed by atoms with Gasteiger partial charge in [-0.15, -0.1) is 6.58 Å². The minimum Gasteiger partial charge on any atom is -0.372 e. The highest BCUT2D eigenvalue weighted by Gasteiger charge is 2.27. The largest absolute Gasteiger partial charge is 0.372 e. The van der Waals surface area contributed by atoms with Crippen LogP contribution in [0.5, 0.6) is 0 Å². The molecule has 2 aromatic carbocycles. The third kappa shape index (κ3) is 7.80. The molecule has 2 heterocycles. The Bertz CT molecular complexity index is 1680. The second kappa shape index (κ2) is 14.3. The summed E-state index contributed by atoms with van der Waals surface area (Å²) in [6.07, 6.45) is 9.13. The number of aromatic amines is 1. The van der Waals surface area contributed by atoms with Crippen LogP contribution in [0, 0.1) is 17.1 Å². The molecule has 4 aromatic rings. The Balaban J connectivity index is 1.28. The molecule has 8 nitrogen and oxygen atoms in total. The van der Waals surface area contributed by atoms with Gasteiger partial charge in [0.15, 0.2) is 5.82 Å². The molecule has 1 saturated carbocycles. The Morgan fingerprint density at radius 1 is 1.23 bits per heavy atom. The van der Waals surface area contributed by atoms with Gasteiger partial charge in [0.25, 0.3) is 0 Å². The highest BCUT2D eigenvalue weighted by atomic mass is 35.5. The minimum atomic E-state index is -0.812. The number of nitrogens with two attached hydrogens (primary N) is 1. The fraction of sp³-hybridized carbons (Fsp3) is 0.364. The van der Waals surface area contributed by atoms with Crippen LogP contribution in [0.3, 0.4) is 0 Å². The molecule has 1 aliphatic rings. The summed E-state index contributed by atoms with van der Waals surface area (Å²) in [4.78, 5) is 20.3. The number of H-pyrrole nitrogens is 1. The first kappa shape index (κ1) is 31.6. The van der Waals surface area contributed by atoms with E-state index in [9.17, 15) is 9.18 Å². The molecular weight excluding hydrogens is 584 g/mol. The smallest absolute Gasteiger partial charge is 0.354 e. The van der Waals surface area contributed by atoms with Crippen LogP contribution in [-0.2, 0) is 13.0 Å². The molecular formula is C33H38ClF2N7O. The van der Waals surface area contributed by atoms with Crippen LogP contribution < -0.4 is 22.1 Å². The summed E-state index contributed by atoms with van der Waals surface area (Å²) in [5.41, 5.74) is 9.55. The summed E-state index contributed by atoms with van der Waals surface area (Å²) in [5.74, 6) is -0.0136.